The van der Waals surface area contributed by atoms with Crippen molar-refractivity contribution in [3.63, 3.8) is 0 Å². The monoisotopic (exact) mass is 397 g/mol. The fourth-order valence-corrected chi connectivity index (χ4v) is 4.55. The molecular weight excluding hydrogens is 378 g/mol. The van der Waals surface area contributed by atoms with E-state index in [1.165, 1.54) is 6.07 Å². The quantitative estimate of drug-likeness (QED) is 0.617. The molecule has 1 rings (SSSR count). The zero-order chi connectivity index (χ0) is 16.1. The second-order valence-electron chi connectivity index (χ2n) is 4.73. The van der Waals surface area contributed by atoms with Crippen molar-refractivity contribution in [1.29, 1.82) is 0 Å². The van der Waals surface area contributed by atoms with E-state index in [-0.39, 0.29) is 10.8 Å². The number of rotatable bonds is 8. The van der Waals surface area contributed by atoms with Gasteiger partial charge in [-0.15, -0.1) is 11.3 Å². The van der Waals surface area contributed by atoms with E-state index >= 15 is 0 Å². The van der Waals surface area contributed by atoms with Gasteiger partial charge in [-0.25, -0.2) is 13.1 Å². The van der Waals surface area contributed by atoms with Crippen molar-refractivity contribution in [2.24, 2.45) is 5.73 Å². The summed E-state index contributed by atoms with van der Waals surface area (Å²) >= 11 is 4.29. The van der Waals surface area contributed by atoms with Crippen LogP contribution < -0.4 is 15.8 Å². The molecule has 0 saturated carbocycles. The van der Waals surface area contributed by atoms with Crippen LogP contribution in [0.4, 0.5) is 0 Å². The molecule has 0 saturated heterocycles. The molecule has 21 heavy (non-hydrogen) atoms. The average molecular weight is 398 g/mol. The van der Waals surface area contributed by atoms with Crippen LogP contribution >= 0.6 is 27.3 Å². The zero-order valence-electron chi connectivity index (χ0n) is 12.0. The van der Waals surface area contributed by atoms with E-state index in [4.69, 9.17) is 5.73 Å². The minimum Gasteiger partial charge on any atom is -0.353 e. The molecule has 120 valence electrons. The number of carbonyl (C=O) groups is 1. The fourth-order valence-electron chi connectivity index (χ4n) is 1.51. The minimum atomic E-state index is -3.65. The highest BCUT2D eigenvalue weighted by Crippen LogP contribution is 2.25. The highest BCUT2D eigenvalue weighted by Gasteiger charge is 2.22. The van der Waals surface area contributed by atoms with Crippen molar-refractivity contribution in [3.8, 4) is 0 Å². The number of thiophene rings is 1. The van der Waals surface area contributed by atoms with Crippen LogP contribution in [0.25, 0.3) is 0 Å². The van der Waals surface area contributed by atoms with Gasteiger partial charge in [-0.2, -0.15) is 0 Å². The van der Waals surface area contributed by atoms with Crippen LogP contribution in [0, 0.1) is 0 Å². The van der Waals surface area contributed by atoms with Crippen molar-refractivity contribution >= 4 is 43.2 Å². The van der Waals surface area contributed by atoms with Crippen molar-refractivity contribution < 1.29 is 13.2 Å². The van der Waals surface area contributed by atoms with Gasteiger partial charge in [0.15, 0.2) is 0 Å². The topological polar surface area (TPSA) is 101 Å². The van der Waals surface area contributed by atoms with E-state index in [9.17, 15) is 13.2 Å². The summed E-state index contributed by atoms with van der Waals surface area (Å²) in [5.41, 5.74) is 5.61. The molecule has 0 aliphatic heterocycles. The standard InChI is InChI=1S/C12H20BrN3O3S2/c1-3-12(14,4-2)8-15-10(17)7-16-21(18,19)11-6-5-9(13)20-11/h5-6,16H,3-4,7-8,14H2,1-2H3,(H,15,17). The summed E-state index contributed by atoms with van der Waals surface area (Å²) in [5.74, 6) is -0.397. The normalized spacial score (nSPS) is 12.4. The van der Waals surface area contributed by atoms with Gasteiger partial charge in [-0.1, -0.05) is 13.8 Å². The molecule has 6 nitrogen and oxygen atoms in total. The van der Waals surface area contributed by atoms with Gasteiger partial charge in [0.1, 0.15) is 4.21 Å². The van der Waals surface area contributed by atoms with E-state index < -0.39 is 21.5 Å². The summed E-state index contributed by atoms with van der Waals surface area (Å²) < 4.78 is 27.0. The molecule has 0 radical (unpaired) electrons. The number of hydrogen-bond acceptors (Lipinski definition) is 5. The molecule has 9 heteroatoms. The maximum atomic E-state index is 11.9. The molecule has 0 atom stereocenters. The van der Waals surface area contributed by atoms with Gasteiger partial charge in [0.2, 0.25) is 5.91 Å². The first-order valence-electron chi connectivity index (χ1n) is 6.53. The predicted octanol–water partition coefficient (Wildman–Crippen LogP) is 1.42. The minimum absolute atomic E-state index is 0.164. The highest BCUT2D eigenvalue weighted by molar-refractivity contribution is 9.11. The number of halogens is 1. The second-order valence-corrected chi connectivity index (χ2v) is 9.19. The Labute approximate surface area is 137 Å². The Morgan fingerprint density at radius 3 is 2.48 bits per heavy atom. The summed E-state index contributed by atoms with van der Waals surface area (Å²) in [5, 5.41) is 2.66. The molecule has 0 aliphatic rings. The van der Waals surface area contributed by atoms with Gasteiger partial charge in [0, 0.05) is 12.1 Å². The third-order valence-corrected chi connectivity index (χ3v) is 6.80. The lowest BCUT2D eigenvalue weighted by Gasteiger charge is -2.26. The summed E-state index contributed by atoms with van der Waals surface area (Å²) in [6.45, 7) is 3.92. The molecule has 1 aromatic heterocycles. The molecule has 4 N–H and O–H groups in total. The molecule has 0 unspecified atom stereocenters. The van der Waals surface area contributed by atoms with E-state index in [1.807, 2.05) is 13.8 Å². The smallest absolute Gasteiger partial charge is 0.250 e. The Morgan fingerprint density at radius 2 is 2.00 bits per heavy atom. The summed E-state index contributed by atoms with van der Waals surface area (Å²) in [7, 11) is -3.65. The van der Waals surface area contributed by atoms with Crippen LogP contribution in [0.1, 0.15) is 26.7 Å². The maximum absolute atomic E-state index is 11.9. The largest absolute Gasteiger partial charge is 0.353 e. The molecule has 0 bridgehead atoms. The van der Waals surface area contributed by atoms with E-state index in [2.05, 4.69) is 26.0 Å². The first-order valence-corrected chi connectivity index (χ1v) is 9.62. The van der Waals surface area contributed by atoms with Crippen LogP contribution in [0.5, 0.6) is 0 Å². The van der Waals surface area contributed by atoms with Gasteiger partial charge in [-0.3, -0.25) is 4.79 Å². The van der Waals surface area contributed by atoms with Crippen molar-refractivity contribution in [2.75, 3.05) is 13.1 Å². The molecule has 1 amide bonds. The van der Waals surface area contributed by atoms with Gasteiger partial charge in [-0.05, 0) is 40.9 Å². The lowest BCUT2D eigenvalue weighted by Crippen LogP contribution is -2.50. The summed E-state index contributed by atoms with van der Waals surface area (Å²) in [4.78, 5) is 11.7. The number of nitrogens with one attached hydrogen (secondary N) is 2. The van der Waals surface area contributed by atoms with Crippen molar-refractivity contribution in [1.82, 2.24) is 10.0 Å². The lowest BCUT2D eigenvalue weighted by molar-refractivity contribution is -0.120. The van der Waals surface area contributed by atoms with Crippen LogP contribution in [0.3, 0.4) is 0 Å². The van der Waals surface area contributed by atoms with Crippen molar-refractivity contribution in [2.45, 2.75) is 36.4 Å². The zero-order valence-corrected chi connectivity index (χ0v) is 15.2. The molecule has 1 heterocycles. The van der Waals surface area contributed by atoms with Crippen LogP contribution in [0.15, 0.2) is 20.1 Å². The molecule has 0 spiro atoms. The number of nitrogens with two attached hydrogens (primary N) is 1. The molecular formula is C12H20BrN3O3S2. The Balaban J connectivity index is 2.50. The van der Waals surface area contributed by atoms with Crippen LogP contribution in [-0.2, 0) is 14.8 Å². The average Bonchev–Trinajstić information content (AvgIpc) is 2.90. The van der Waals surface area contributed by atoms with Crippen LogP contribution in [0.2, 0.25) is 0 Å². The van der Waals surface area contributed by atoms with Crippen molar-refractivity contribution in [3.05, 3.63) is 15.9 Å². The first kappa shape index (κ1) is 18.6. The first-order chi connectivity index (χ1) is 9.72. The highest BCUT2D eigenvalue weighted by atomic mass is 79.9. The molecule has 1 aromatic rings. The van der Waals surface area contributed by atoms with Gasteiger partial charge >= 0.3 is 0 Å². The summed E-state index contributed by atoms with van der Waals surface area (Å²) in [6.07, 6.45) is 1.47. The Hall–Kier alpha value is -0.480. The van der Waals surface area contributed by atoms with E-state index in [1.54, 1.807) is 6.07 Å². The molecule has 0 aliphatic carbocycles. The van der Waals surface area contributed by atoms with E-state index in [0.717, 1.165) is 24.2 Å². The fraction of sp³-hybridized carbons (Fsp3) is 0.583. The summed E-state index contributed by atoms with van der Waals surface area (Å²) in [6, 6.07) is 3.12. The number of carbonyl (C=O) groups excluding carboxylic acids is 1. The lowest BCUT2D eigenvalue weighted by atomic mass is 9.94. The Bertz CT molecular complexity index is 582. The van der Waals surface area contributed by atoms with Gasteiger partial charge in [0.05, 0.1) is 10.3 Å². The number of sulfonamides is 1. The van der Waals surface area contributed by atoms with Gasteiger partial charge < -0.3 is 11.1 Å². The predicted molar refractivity (Wildman–Crippen MR) is 87.7 cm³/mol. The third kappa shape index (κ3) is 5.67. The number of amides is 1. The van der Waals surface area contributed by atoms with Crippen LogP contribution in [-0.4, -0.2) is 33.0 Å². The number of hydrogen-bond donors (Lipinski definition) is 3. The third-order valence-electron chi connectivity index (χ3n) is 3.28. The molecule has 0 aromatic carbocycles. The second kappa shape index (κ2) is 7.68. The molecule has 0 fully saturated rings. The SMILES string of the molecule is CCC(N)(CC)CNC(=O)CNS(=O)(=O)c1ccc(Br)s1. The Morgan fingerprint density at radius 1 is 1.38 bits per heavy atom. The maximum Gasteiger partial charge on any atom is 0.250 e. The van der Waals surface area contributed by atoms with E-state index in [0.29, 0.717) is 10.3 Å². The Kier molecular flexibility index (Phi) is 6.79. The van der Waals surface area contributed by atoms with Gasteiger partial charge in [0.25, 0.3) is 10.0 Å².